The Hall–Kier alpha value is -3.26. The van der Waals surface area contributed by atoms with E-state index < -0.39 is 0 Å². The van der Waals surface area contributed by atoms with E-state index in [4.69, 9.17) is 14.2 Å². The van der Waals surface area contributed by atoms with Crippen LogP contribution in [-0.2, 0) is 4.74 Å². The number of urea groups is 1. The van der Waals surface area contributed by atoms with Gasteiger partial charge in [-0.05, 0) is 42.3 Å². The van der Waals surface area contributed by atoms with E-state index in [2.05, 4.69) is 19.2 Å². The van der Waals surface area contributed by atoms with Crippen LogP contribution in [0.4, 0.5) is 10.5 Å². The number of hydrogen-bond acceptors (Lipinski definition) is 5. The van der Waals surface area contributed by atoms with Crippen molar-refractivity contribution < 1.29 is 23.8 Å². The van der Waals surface area contributed by atoms with Crippen LogP contribution in [0.15, 0.2) is 48.5 Å². The number of benzene rings is 2. The van der Waals surface area contributed by atoms with Crippen LogP contribution in [0.5, 0.6) is 11.5 Å². The molecule has 1 heterocycles. The molecular formula is C25H33N3O5. The first kappa shape index (κ1) is 24.4. The van der Waals surface area contributed by atoms with Crippen LogP contribution in [0, 0.1) is 5.92 Å². The Kier molecular flexibility index (Phi) is 8.54. The Morgan fingerprint density at radius 1 is 1.12 bits per heavy atom. The molecule has 3 amide bonds. The lowest BCUT2D eigenvalue weighted by molar-refractivity contribution is -0.0272. The van der Waals surface area contributed by atoms with E-state index >= 15 is 0 Å². The molecule has 1 saturated heterocycles. The molecule has 1 atom stereocenters. The molecular weight excluding hydrogens is 422 g/mol. The van der Waals surface area contributed by atoms with Crippen molar-refractivity contribution >= 4 is 17.6 Å². The molecule has 0 spiro atoms. The van der Waals surface area contributed by atoms with Crippen molar-refractivity contribution in [3.63, 3.8) is 0 Å². The molecule has 0 saturated carbocycles. The van der Waals surface area contributed by atoms with E-state index in [1.165, 1.54) is 0 Å². The van der Waals surface area contributed by atoms with Gasteiger partial charge in [0.05, 0.1) is 33.5 Å². The van der Waals surface area contributed by atoms with Crippen LogP contribution in [0.3, 0.4) is 0 Å². The number of amides is 3. The largest absolute Gasteiger partial charge is 0.497 e. The number of nitrogens with one attached hydrogen (secondary N) is 1. The first-order chi connectivity index (χ1) is 15.9. The average molecular weight is 456 g/mol. The smallest absolute Gasteiger partial charge is 0.322 e. The number of methoxy groups -OCH3 is 2. The van der Waals surface area contributed by atoms with Gasteiger partial charge in [-0.25, -0.2) is 4.79 Å². The molecule has 1 unspecified atom stereocenters. The van der Waals surface area contributed by atoms with Gasteiger partial charge in [0, 0.05) is 37.0 Å². The first-order valence-corrected chi connectivity index (χ1v) is 11.1. The fourth-order valence-electron chi connectivity index (χ4n) is 3.76. The van der Waals surface area contributed by atoms with Crippen LogP contribution in [0.25, 0.3) is 0 Å². The predicted molar refractivity (Wildman–Crippen MR) is 127 cm³/mol. The highest BCUT2D eigenvalue weighted by Gasteiger charge is 2.28. The van der Waals surface area contributed by atoms with Crippen LogP contribution >= 0.6 is 0 Å². The summed E-state index contributed by atoms with van der Waals surface area (Å²) in [6, 6.07) is 14.1. The van der Waals surface area contributed by atoms with Crippen molar-refractivity contribution in [3.8, 4) is 11.5 Å². The number of rotatable bonds is 8. The van der Waals surface area contributed by atoms with Crippen LogP contribution < -0.4 is 14.8 Å². The minimum atomic E-state index is -0.268. The van der Waals surface area contributed by atoms with Crippen LogP contribution in [-0.4, -0.2) is 74.8 Å². The summed E-state index contributed by atoms with van der Waals surface area (Å²) < 4.78 is 16.3. The molecule has 0 aliphatic carbocycles. The monoisotopic (exact) mass is 455 g/mol. The third kappa shape index (κ3) is 6.86. The van der Waals surface area contributed by atoms with Gasteiger partial charge in [-0.3, -0.25) is 4.79 Å². The molecule has 0 aromatic heterocycles. The minimum Gasteiger partial charge on any atom is -0.497 e. The zero-order chi connectivity index (χ0) is 23.8. The van der Waals surface area contributed by atoms with Gasteiger partial charge in [-0.2, -0.15) is 0 Å². The fraction of sp³-hybridized carbons (Fsp3) is 0.440. The van der Waals surface area contributed by atoms with E-state index in [-0.39, 0.29) is 18.0 Å². The number of morpholine rings is 1. The molecule has 3 rings (SSSR count). The molecule has 0 bridgehead atoms. The van der Waals surface area contributed by atoms with Crippen molar-refractivity contribution in [1.82, 2.24) is 9.80 Å². The average Bonchev–Trinajstić information content (AvgIpc) is 2.83. The third-order valence-electron chi connectivity index (χ3n) is 5.38. The van der Waals surface area contributed by atoms with Gasteiger partial charge in [0.1, 0.15) is 11.5 Å². The number of nitrogens with zero attached hydrogens (tertiary/aromatic N) is 2. The van der Waals surface area contributed by atoms with E-state index in [0.29, 0.717) is 61.5 Å². The van der Waals surface area contributed by atoms with Gasteiger partial charge in [0.25, 0.3) is 5.91 Å². The first-order valence-electron chi connectivity index (χ1n) is 11.1. The number of anilines is 1. The number of ether oxygens (including phenoxy) is 3. The fourth-order valence-corrected chi connectivity index (χ4v) is 3.76. The SMILES string of the molecule is COc1ccc(C(=O)N(CC(C)C)CC2CN(C(=O)Nc3cccc(OC)c3)CCO2)cc1. The summed E-state index contributed by atoms with van der Waals surface area (Å²) in [7, 11) is 3.18. The lowest BCUT2D eigenvalue weighted by Gasteiger charge is -2.36. The van der Waals surface area contributed by atoms with Crippen molar-refractivity contribution in [2.75, 3.05) is 52.3 Å². The summed E-state index contributed by atoms with van der Waals surface area (Å²) >= 11 is 0. The van der Waals surface area contributed by atoms with Crippen molar-refractivity contribution in [1.29, 1.82) is 0 Å². The van der Waals surface area contributed by atoms with Crippen molar-refractivity contribution in [2.24, 2.45) is 5.92 Å². The maximum atomic E-state index is 13.2. The van der Waals surface area contributed by atoms with Gasteiger partial charge >= 0.3 is 6.03 Å². The maximum Gasteiger partial charge on any atom is 0.322 e. The second kappa shape index (κ2) is 11.6. The summed E-state index contributed by atoms with van der Waals surface area (Å²) in [6.07, 6.45) is -0.268. The summed E-state index contributed by atoms with van der Waals surface area (Å²) in [5.41, 5.74) is 1.26. The normalized spacial score (nSPS) is 15.8. The molecule has 33 heavy (non-hydrogen) atoms. The van der Waals surface area contributed by atoms with Crippen molar-refractivity contribution in [3.05, 3.63) is 54.1 Å². The quantitative estimate of drug-likeness (QED) is 0.656. The van der Waals surface area contributed by atoms with Gasteiger partial charge < -0.3 is 29.3 Å². The Labute approximate surface area is 195 Å². The molecule has 0 radical (unpaired) electrons. The molecule has 1 aliphatic rings. The molecule has 178 valence electrons. The zero-order valence-electron chi connectivity index (χ0n) is 19.7. The van der Waals surface area contributed by atoms with Gasteiger partial charge in [0.2, 0.25) is 0 Å². The highest BCUT2D eigenvalue weighted by atomic mass is 16.5. The molecule has 1 aliphatic heterocycles. The second-order valence-corrected chi connectivity index (χ2v) is 8.43. The maximum absolute atomic E-state index is 13.2. The Morgan fingerprint density at radius 3 is 2.52 bits per heavy atom. The molecule has 8 nitrogen and oxygen atoms in total. The summed E-state index contributed by atoms with van der Waals surface area (Å²) in [6.45, 7) is 6.46. The highest BCUT2D eigenvalue weighted by Crippen LogP contribution is 2.19. The Balaban J connectivity index is 1.64. The number of hydrogen-bond donors (Lipinski definition) is 1. The molecule has 1 fully saturated rings. The third-order valence-corrected chi connectivity index (χ3v) is 5.38. The van der Waals surface area contributed by atoms with E-state index in [1.54, 1.807) is 54.4 Å². The lowest BCUT2D eigenvalue weighted by Crippen LogP contribution is -2.52. The second-order valence-electron chi connectivity index (χ2n) is 8.43. The number of carbonyl (C=O) groups excluding carboxylic acids is 2. The summed E-state index contributed by atoms with van der Waals surface area (Å²) in [5, 5.41) is 2.91. The van der Waals surface area contributed by atoms with Gasteiger partial charge in [0.15, 0.2) is 0 Å². The Morgan fingerprint density at radius 2 is 1.85 bits per heavy atom. The van der Waals surface area contributed by atoms with E-state index in [0.717, 1.165) is 0 Å². The summed E-state index contributed by atoms with van der Waals surface area (Å²) in [4.78, 5) is 29.5. The standard InChI is InChI=1S/C25H33N3O5/c1-18(2)15-28(24(29)19-8-10-21(31-3)11-9-19)17-23-16-27(12-13-33-23)25(30)26-20-6-5-7-22(14-20)32-4/h5-11,14,18,23H,12-13,15-17H2,1-4H3,(H,26,30). The van der Waals surface area contributed by atoms with Crippen LogP contribution in [0.2, 0.25) is 0 Å². The predicted octanol–water partition coefficient (Wildman–Crippen LogP) is 3.73. The lowest BCUT2D eigenvalue weighted by atomic mass is 10.1. The van der Waals surface area contributed by atoms with Crippen molar-refractivity contribution in [2.45, 2.75) is 20.0 Å². The van der Waals surface area contributed by atoms with Crippen LogP contribution in [0.1, 0.15) is 24.2 Å². The molecule has 1 N–H and O–H groups in total. The van der Waals surface area contributed by atoms with E-state index in [1.807, 2.05) is 18.2 Å². The molecule has 8 heteroatoms. The van der Waals surface area contributed by atoms with Gasteiger partial charge in [-0.15, -0.1) is 0 Å². The molecule has 2 aromatic rings. The zero-order valence-corrected chi connectivity index (χ0v) is 19.7. The molecule has 2 aromatic carbocycles. The highest BCUT2D eigenvalue weighted by molar-refractivity contribution is 5.94. The summed E-state index contributed by atoms with van der Waals surface area (Å²) in [5.74, 6) is 1.61. The minimum absolute atomic E-state index is 0.0621. The Bertz CT molecular complexity index is 932. The van der Waals surface area contributed by atoms with Gasteiger partial charge in [-0.1, -0.05) is 19.9 Å². The number of carbonyl (C=O) groups is 2. The van der Waals surface area contributed by atoms with E-state index in [9.17, 15) is 9.59 Å². The topological polar surface area (TPSA) is 80.3 Å².